The lowest BCUT2D eigenvalue weighted by atomic mass is 10.0. The van der Waals surface area contributed by atoms with E-state index in [9.17, 15) is 9.90 Å². The summed E-state index contributed by atoms with van der Waals surface area (Å²) in [6.07, 6.45) is 0.866. The summed E-state index contributed by atoms with van der Waals surface area (Å²) in [6, 6.07) is 17.1. The predicted octanol–water partition coefficient (Wildman–Crippen LogP) is 4.60. The number of aldehydes is 1. The van der Waals surface area contributed by atoms with Gasteiger partial charge in [-0.3, -0.25) is 4.79 Å². The van der Waals surface area contributed by atoms with Crippen molar-refractivity contribution in [3.63, 3.8) is 0 Å². The smallest absolute Gasteiger partial charge is 0.160 e. The van der Waals surface area contributed by atoms with Crippen LogP contribution in [-0.4, -0.2) is 11.4 Å². The van der Waals surface area contributed by atoms with Gasteiger partial charge < -0.3 is 5.11 Å². The van der Waals surface area contributed by atoms with Crippen LogP contribution in [-0.2, 0) is 0 Å². The fourth-order valence-electron chi connectivity index (χ4n) is 2.13. The summed E-state index contributed by atoms with van der Waals surface area (Å²) in [6.45, 7) is 0. The minimum Gasteiger partial charge on any atom is -0.507 e. The Labute approximate surface area is 121 Å². The Kier molecular flexibility index (Phi) is 3.35. The van der Waals surface area contributed by atoms with Crippen LogP contribution < -0.4 is 0 Å². The molecule has 1 aromatic heterocycles. The molecule has 0 unspecified atom stereocenters. The Bertz CT molecular complexity index is 742. The number of aromatic hydroxyl groups is 1. The van der Waals surface area contributed by atoms with E-state index in [1.807, 2.05) is 47.8 Å². The molecule has 3 heteroatoms. The molecule has 98 valence electrons. The molecule has 0 radical (unpaired) electrons. The molecule has 3 aromatic rings. The van der Waals surface area contributed by atoms with Crippen molar-refractivity contribution in [3.05, 3.63) is 64.9 Å². The highest BCUT2D eigenvalue weighted by Gasteiger charge is 2.05. The molecule has 0 bridgehead atoms. The van der Waals surface area contributed by atoms with Crippen LogP contribution in [0.3, 0.4) is 0 Å². The van der Waals surface area contributed by atoms with E-state index in [1.165, 1.54) is 11.3 Å². The molecule has 0 aliphatic rings. The van der Waals surface area contributed by atoms with E-state index < -0.39 is 0 Å². The number of rotatable bonds is 3. The molecule has 0 saturated heterocycles. The maximum Gasteiger partial charge on any atom is 0.160 e. The summed E-state index contributed by atoms with van der Waals surface area (Å²) in [7, 11) is 0. The second kappa shape index (κ2) is 5.31. The predicted molar refractivity (Wildman–Crippen MR) is 82.2 cm³/mol. The van der Waals surface area contributed by atoms with Crippen molar-refractivity contribution < 1.29 is 9.90 Å². The third-order valence-corrected chi connectivity index (χ3v) is 4.03. The number of benzene rings is 2. The number of hydrogen-bond acceptors (Lipinski definition) is 3. The van der Waals surface area contributed by atoms with Gasteiger partial charge in [0.05, 0.1) is 4.88 Å². The highest BCUT2D eigenvalue weighted by molar-refractivity contribution is 7.12. The van der Waals surface area contributed by atoms with Gasteiger partial charge in [0.15, 0.2) is 6.29 Å². The molecule has 2 aromatic carbocycles. The van der Waals surface area contributed by atoms with Gasteiger partial charge in [0.2, 0.25) is 0 Å². The molecule has 0 fully saturated rings. The molecule has 0 spiro atoms. The first-order chi connectivity index (χ1) is 9.78. The van der Waals surface area contributed by atoms with E-state index in [1.54, 1.807) is 12.1 Å². The largest absolute Gasteiger partial charge is 0.507 e. The molecule has 0 aliphatic heterocycles. The van der Waals surface area contributed by atoms with Crippen LogP contribution in [0, 0.1) is 0 Å². The molecule has 1 heterocycles. The second-order valence-electron chi connectivity index (χ2n) is 4.45. The average Bonchev–Trinajstić information content (AvgIpc) is 2.97. The van der Waals surface area contributed by atoms with E-state index in [2.05, 4.69) is 0 Å². The zero-order chi connectivity index (χ0) is 13.9. The van der Waals surface area contributed by atoms with Crippen molar-refractivity contribution in [1.29, 1.82) is 0 Å². The lowest BCUT2D eigenvalue weighted by Crippen LogP contribution is -1.80. The van der Waals surface area contributed by atoms with Crippen LogP contribution in [0.5, 0.6) is 5.75 Å². The van der Waals surface area contributed by atoms with Gasteiger partial charge in [0.25, 0.3) is 0 Å². The summed E-state index contributed by atoms with van der Waals surface area (Å²) in [5, 5.41) is 11.8. The first-order valence-electron chi connectivity index (χ1n) is 6.20. The van der Waals surface area contributed by atoms with Gasteiger partial charge in [-0.05, 0) is 34.2 Å². The van der Waals surface area contributed by atoms with Crippen molar-refractivity contribution in [2.45, 2.75) is 0 Å². The molecular weight excluding hydrogens is 268 g/mol. The summed E-state index contributed by atoms with van der Waals surface area (Å²) in [4.78, 5) is 11.4. The van der Waals surface area contributed by atoms with Crippen LogP contribution in [0.25, 0.3) is 22.3 Å². The lowest BCUT2D eigenvalue weighted by molar-refractivity contribution is 0.112. The molecule has 2 nitrogen and oxygen atoms in total. The molecule has 0 atom stereocenters. The fraction of sp³-hybridized carbons (Fsp3) is 0. The lowest BCUT2D eigenvalue weighted by Gasteiger charge is -2.05. The maximum atomic E-state index is 10.7. The van der Waals surface area contributed by atoms with Crippen LogP contribution in [0.1, 0.15) is 9.67 Å². The minimum atomic E-state index is 0.277. The van der Waals surface area contributed by atoms with E-state index in [4.69, 9.17) is 0 Å². The Hall–Kier alpha value is -2.39. The van der Waals surface area contributed by atoms with Gasteiger partial charge in [-0.25, -0.2) is 0 Å². The van der Waals surface area contributed by atoms with Gasteiger partial charge in [-0.1, -0.05) is 42.5 Å². The first kappa shape index (κ1) is 12.6. The number of phenolic OH excluding ortho intramolecular Hbond substituents is 1. The third kappa shape index (κ3) is 2.36. The number of hydrogen-bond donors (Lipinski definition) is 1. The molecule has 3 rings (SSSR count). The Morgan fingerprint density at radius 1 is 0.900 bits per heavy atom. The summed E-state index contributed by atoms with van der Waals surface area (Å²) >= 11 is 1.44. The van der Waals surface area contributed by atoms with E-state index in [0.29, 0.717) is 0 Å². The van der Waals surface area contributed by atoms with Crippen molar-refractivity contribution in [2.24, 2.45) is 0 Å². The number of carbonyl (C=O) groups excluding carboxylic acids is 1. The average molecular weight is 280 g/mol. The van der Waals surface area contributed by atoms with Crippen molar-refractivity contribution in [3.8, 4) is 28.0 Å². The maximum absolute atomic E-state index is 10.7. The highest BCUT2D eigenvalue weighted by atomic mass is 32.1. The topological polar surface area (TPSA) is 37.3 Å². The Morgan fingerprint density at radius 2 is 1.60 bits per heavy atom. The van der Waals surface area contributed by atoms with Gasteiger partial charge in [-0.15, -0.1) is 11.3 Å². The molecule has 0 aliphatic carbocycles. The second-order valence-corrected chi connectivity index (χ2v) is 5.39. The first-order valence-corrected chi connectivity index (χ1v) is 7.08. The van der Waals surface area contributed by atoms with Crippen LogP contribution in [0.2, 0.25) is 0 Å². The van der Waals surface area contributed by atoms with Crippen LogP contribution >= 0.6 is 11.3 Å². The standard InChI is InChI=1S/C17H12O2S/c18-10-15-9-14(11-20-15)12-5-7-13(8-6-12)16-3-1-2-4-17(16)19/h1-11,19H. The normalized spacial score (nSPS) is 10.4. The van der Waals surface area contributed by atoms with Gasteiger partial charge >= 0.3 is 0 Å². The van der Waals surface area contributed by atoms with Crippen LogP contribution in [0.15, 0.2) is 60.0 Å². The zero-order valence-electron chi connectivity index (χ0n) is 10.6. The van der Waals surface area contributed by atoms with Gasteiger partial charge in [0.1, 0.15) is 5.75 Å². The SMILES string of the molecule is O=Cc1cc(-c2ccc(-c3ccccc3O)cc2)cs1. The van der Waals surface area contributed by atoms with Crippen LogP contribution in [0.4, 0.5) is 0 Å². The summed E-state index contributed by atoms with van der Waals surface area (Å²) in [5.41, 5.74) is 3.89. The minimum absolute atomic E-state index is 0.277. The molecule has 0 saturated carbocycles. The molecule has 1 N–H and O–H groups in total. The molecular formula is C17H12O2S. The third-order valence-electron chi connectivity index (χ3n) is 3.17. The van der Waals surface area contributed by atoms with Gasteiger partial charge in [-0.2, -0.15) is 0 Å². The summed E-state index contributed by atoms with van der Waals surface area (Å²) in [5.74, 6) is 0.277. The van der Waals surface area contributed by atoms with Crippen molar-refractivity contribution in [1.82, 2.24) is 0 Å². The Morgan fingerprint density at radius 3 is 2.25 bits per heavy atom. The fourth-order valence-corrected chi connectivity index (χ4v) is 2.84. The van der Waals surface area contributed by atoms with E-state index >= 15 is 0 Å². The Balaban J connectivity index is 1.95. The molecule has 0 amide bonds. The quantitative estimate of drug-likeness (QED) is 0.712. The number of thiophene rings is 1. The number of phenols is 1. The van der Waals surface area contributed by atoms with E-state index in [0.717, 1.165) is 33.4 Å². The zero-order valence-corrected chi connectivity index (χ0v) is 11.4. The number of para-hydroxylation sites is 1. The highest BCUT2D eigenvalue weighted by Crippen LogP contribution is 2.31. The van der Waals surface area contributed by atoms with Crippen molar-refractivity contribution in [2.75, 3.05) is 0 Å². The monoisotopic (exact) mass is 280 g/mol. The summed E-state index contributed by atoms with van der Waals surface area (Å²) < 4.78 is 0. The van der Waals surface area contributed by atoms with E-state index in [-0.39, 0.29) is 5.75 Å². The van der Waals surface area contributed by atoms with Crippen molar-refractivity contribution >= 4 is 17.6 Å². The number of carbonyl (C=O) groups is 1. The molecule has 20 heavy (non-hydrogen) atoms. The van der Waals surface area contributed by atoms with Gasteiger partial charge in [0, 0.05) is 5.56 Å².